The van der Waals surface area contributed by atoms with Crippen molar-refractivity contribution in [3.05, 3.63) is 27.7 Å². The first-order valence-electron chi connectivity index (χ1n) is 9.50. The molecule has 6 heteroatoms. The predicted octanol–water partition coefficient (Wildman–Crippen LogP) is 4.16. The minimum atomic E-state index is -0.715. The zero-order valence-corrected chi connectivity index (χ0v) is 17.6. The first-order valence-corrected chi connectivity index (χ1v) is 10.3. The number of aliphatic hydroxyl groups is 1. The maximum absolute atomic E-state index is 12.4. The van der Waals surface area contributed by atoms with Crippen molar-refractivity contribution in [1.82, 2.24) is 5.32 Å². The molecule has 2 unspecified atom stereocenters. The van der Waals surface area contributed by atoms with Crippen LogP contribution in [0.15, 0.2) is 16.6 Å². The van der Waals surface area contributed by atoms with Crippen LogP contribution in [0.25, 0.3) is 0 Å². The number of benzene rings is 1. The van der Waals surface area contributed by atoms with E-state index in [0.29, 0.717) is 22.3 Å². The van der Waals surface area contributed by atoms with Gasteiger partial charge < -0.3 is 20.9 Å². The SMILES string of the molecule is CCC1(NCc2cc(C(=O)OC(C)C(C)O)cc(Br)c2N)CCCCC1. The lowest BCUT2D eigenvalue weighted by molar-refractivity contribution is -0.00470. The van der Waals surface area contributed by atoms with Gasteiger partial charge in [-0.2, -0.15) is 0 Å². The molecular weight excluding hydrogens is 396 g/mol. The number of anilines is 1. The standard InChI is InChI=1S/C20H31BrN2O3/c1-4-20(8-6-5-7-9-20)23-12-16-10-15(11-17(21)18(16)22)19(25)26-14(3)13(2)24/h10-11,13-14,23-24H,4-9,12,22H2,1-3H3. The predicted molar refractivity (Wildman–Crippen MR) is 108 cm³/mol. The fourth-order valence-corrected chi connectivity index (χ4v) is 3.94. The van der Waals surface area contributed by atoms with Crippen LogP contribution in [0.2, 0.25) is 0 Å². The van der Waals surface area contributed by atoms with Crippen molar-refractivity contribution in [2.45, 2.75) is 83.6 Å². The maximum atomic E-state index is 12.4. The van der Waals surface area contributed by atoms with E-state index in [1.807, 2.05) is 0 Å². The fraction of sp³-hybridized carbons (Fsp3) is 0.650. The summed E-state index contributed by atoms with van der Waals surface area (Å²) in [5, 5.41) is 13.2. The Balaban J connectivity index is 2.15. The van der Waals surface area contributed by atoms with Crippen molar-refractivity contribution < 1.29 is 14.6 Å². The van der Waals surface area contributed by atoms with Crippen LogP contribution < -0.4 is 11.1 Å². The number of aliphatic hydroxyl groups excluding tert-OH is 1. The highest BCUT2D eigenvalue weighted by Crippen LogP contribution is 2.32. The minimum Gasteiger partial charge on any atom is -0.456 e. The molecule has 1 aromatic rings. The second-order valence-corrected chi connectivity index (χ2v) is 8.28. The number of nitrogens with one attached hydrogen (secondary N) is 1. The topological polar surface area (TPSA) is 84.6 Å². The summed E-state index contributed by atoms with van der Waals surface area (Å²) >= 11 is 3.45. The Hall–Kier alpha value is -1.11. The van der Waals surface area contributed by atoms with Gasteiger partial charge in [0.15, 0.2) is 0 Å². The number of esters is 1. The Morgan fingerprint density at radius 2 is 2.00 bits per heavy atom. The monoisotopic (exact) mass is 426 g/mol. The molecular formula is C20H31BrN2O3. The molecule has 0 amide bonds. The Morgan fingerprint density at radius 1 is 1.35 bits per heavy atom. The molecule has 146 valence electrons. The van der Waals surface area contributed by atoms with Gasteiger partial charge in [-0.1, -0.05) is 26.2 Å². The quantitative estimate of drug-likeness (QED) is 0.450. The van der Waals surface area contributed by atoms with E-state index in [1.165, 1.54) is 32.1 Å². The third-order valence-electron chi connectivity index (χ3n) is 5.56. The van der Waals surface area contributed by atoms with Crippen LogP contribution in [-0.2, 0) is 11.3 Å². The second kappa shape index (κ2) is 9.20. The Labute approximate surface area is 164 Å². The molecule has 1 saturated carbocycles. The van der Waals surface area contributed by atoms with Crippen molar-refractivity contribution in [2.24, 2.45) is 0 Å². The molecule has 0 aliphatic heterocycles. The zero-order chi connectivity index (χ0) is 19.3. The normalized spacial score (nSPS) is 19.0. The van der Waals surface area contributed by atoms with Gasteiger partial charge in [0.2, 0.25) is 0 Å². The number of carbonyl (C=O) groups excluding carboxylic acids is 1. The molecule has 0 aromatic heterocycles. The van der Waals surface area contributed by atoms with E-state index < -0.39 is 18.2 Å². The van der Waals surface area contributed by atoms with E-state index >= 15 is 0 Å². The van der Waals surface area contributed by atoms with Crippen molar-refractivity contribution in [3.63, 3.8) is 0 Å². The number of ether oxygens (including phenoxy) is 1. The molecule has 5 nitrogen and oxygen atoms in total. The lowest BCUT2D eigenvalue weighted by Crippen LogP contribution is -2.45. The number of rotatable bonds is 7. The smallest absolute Gasteiger partial charge is 0.338 e. The summed E-state index contributed by atoms with van der Waals surface area (Å²) in [6.45, 7) is 6.11. The molecule has 0 saturated heterocycles. The summed E-state index contributed by atoms with van der Waals surface area (Å²) in [4.78, 5) is 12.4. The molecule has 1 aliphatic carbocycles. The molecule has 0 bridgehead atoms. The van der Waals surface area contributed by atoms with Gasteiger partial charge in [0.1, 0.15) is 6.10 Å². The van der Waals surface area contributed by atoms with Crippen LogP contribution in [0.3, 0.4) is 0 Å². The summed E-state index contributed by atoms with van der Waals surface area (Å²) in [5.74, 6) is -0.455. The third kappa shape index (κ3) is 5.21. The van der Waals surface area contributed by atoms with Crippen LogP contribution in [0.1, 0.15) is 75.2 Å². The highest BCUT2D eigenvalue weighted by molar-refractivity contribution is 9.10. The van der Waals surface area contributed by atoms with Crippen molar-refractivity contribution >= 4 is 27.6 Å². The Kier molecular flexibility index (Phi) is 7.50. The fourth-order valence-electron chi connectivity index (χ4n) is 3.44. The summed E-state index contributed by atoms with van der Waals surface area (Å²) in [6.07, 6.45) is 5.98. The number of hydrogen-bond acceptors (Lipinski definition) is 5. The van der Waals surface area contributed by atoms with Crippen LogP contribution in [0.5, 0.6) is 0 Å². The number of carbonyl (C=O) groups is 1. The highest BCUT2D eigenvalue weighted by atomic mass is 79.9. The maximum Gasteiger partial charge on any atom is 0.338 e. The molecule has 4 N–H and O–H groups in total. The molecule has 1 aromatic carbocycles. The number of halogens is 1. The average molecular weight is 427 g/mol. The molecule has 2 atom stereocenters. The first kappa shape index (κ1) is 21.2. The van der Waals surface area contributed by atoms with Crippen LogP contribution >= 0.6 is 15.9 Å². The zero-order valence-electron chi connectivity index (χ0n) is 16.0. The molecule has 0 radical (unpaired) electrons. The van der Waals surface area contributed by atoms with Crippen LogP contribution in [-0.4, -0.2) is 28.8 Å². The average Bonchev–Trinajstić information content (AvgIpc) is 2.63. The van der Waals surface area contributed by atoms with E-state index in [4.69, 9.17) is 10.5 Å². The molecule has 0 heterocycles. The minimum absolute atomic E-state index is 0.161. The Bertz CT molecular complexity index is 628. The molecule has 0 spiro atoms. The van der Waals surface area contributed by atoms with E-state index in [2.05, 4.69) is 28.2 Å². The van der Waals surface area contributed by atoms with E-state index in [-0.39, 0.29) is 5.54 Å². The number of hydrogen-bond donors (Lipinski definition) is 3. The van der Waals surface area contributed by atoms with Gasteiger partial charge in [-0.15, -0.1) is 0 Å². The van der Waals surface area contributed by atoms with Gasteiger partial charge in [0.05, 0.1) is 17.4 Å². The van der Waals surface area contributed by atoms with E-state index in [9.17, 15) is 9.90 Å². The number of nitrogen functional groups attached to an aromatic ring is 1. The highest BCUT2D eigenvalue weighted by Gasteiger charge is 2.29. The third-order valence-corrected chi connectivity index (χ3v) is 6.22. The molecule has 1 fully saturated rings. The van der Waals surface area contributed by atoms with Crippen molar-refractivity contribution in [3.8, 4) is 0 Å². The van der Waals surface area contributed by atoms with E-state index in [1.54, 1.807) is 26.0 Å². The molecule has 1 aliphatic rings. The van der Waals surface area contributed by atoms with Crippen LogP contribution in [0.4, 0.5) is 5.69 Å². The Morgan fingerprint density at radius 3 is 2.58 bits per heavy atom. The molecule has 26 heavy (non-hydrogen) atoms. The lowest BCUT2D eigenvalue weighted by Gasteiger charge is -2.38. The summed E-state index contributed by atoms with van der Waals surface area (Å²) in [7, 11) is 0. The first-order chi connectivity index (χ1) is 12.3. The summed E-state index contributed by atoms with van der Waals surface area (Å²) < 4.78 is 6.00. The van der Waals surface area contributed by atoms with Gasteiger partial charge in [-0.3, -0.25) is 0 Å². The van der Waals surface area contributed by atoms with Crippen molar-refractivity contribution in [2.75, 3.05) is 5.73 Å². The van der Waals surface area contributed by atoms with Gasteiger partial charge in [0.25, 0.3) is 0 Å². The number of nitrogens with two attached hydrogens (primary N) is 1. The second-order valence-electron chi connectivity index (χ2n) is 7.43. The lowest BCUT2D eigenvalue weighted by atomic mass is 9.79. The summed E-state index contributed by atoms with van der Waals surface area (Å²) in [6, 6.07) is 3.46. The van der Waals surface area contributed by atoms with Crippen LogP contribution in [0, 0.1) is 0 Å². The van der Waals surface area contributed by atoms with Gasteiger partial charge in [0, 0.05) is 16.6 Å². The van der Waals surface area contributed by atoms with Gasteiger partial charge in [-0.05, 0) is 66.7 Å². The van der Waals surface area contributed by atoms with Gasteiger partial charge in [-0.25, -0.2) is 4.79 Å². The van der Waals surface area contributed by atoms with Crippen molar-refractivity contribution in [1.29, 1.82) is 0 Å². The largest absolute Gasteiger partial charge is 0.456 e. The molecule has 2 rings (SSSR count). The van der Waals surface area contributed by atoms with E-state index in [0.717, 1.165) is 12.0 Å². The summed E-state index contributed by atoms with van der Waals surface area (Å²) in [5.41, 5.74) is 8.34. The van der Waals surface area contributed by atoms with Gasteiger partial charge >= 0.3 is 5.97 Å².